The third-order valence-electron chi connectivity index (χ3n) is 3.22. The highest BCUT2D eigenvalue weighted by atomic mass is 16.4. The van der Waals surface area contributed by atoms with Gasteiger partial charge in [-0.3, -0.25) is 9.89 Å². The zero-order chi connectivity index (χ0) is 13.3. The first kappa shape index (κ1) is 12.4. The third kappa shape index (κ3) is 2.27. The SMILES string of the molecule is Cc1ccc(-c2n[nH]c(CC(=O)O)c2C)cc1C. The van der Waals surface area contributed by atoms with E-state index in [1.807, 2.05) is 13.0 Å². The minimum Gasteiger partial charge on any atom is -0.481 e. The molecule has 0 saturated heterocycles. The molecule has 94 valence electrons. The zero-order valence-corrected chi connectivity index (χ0v) is 10.7. The average Bonchev–Trinajstić information content (AvgIpc) is 2.64. The Balaban J connectivity index is 2.42. The fraction of sp³-hybridized carbons (Fsp3) is 0.286. The molecule has 2 N–H and O–H groups in total. The molecule has 18 heavy (non-hydrogen) atoms. The van der Waals surface area contributed by atoms with Gasteiger partial charge in [-0.25, -0.2) is 0 Å². The smallest absolute Gasteiger partial charge is 0.309 e. The maximum Gasteiger partial charge on any atom is 0.309 e. The number of aromatic amines is 1. The third-order valence-corrected chi connectivity index (χ3v) is 3.22. The number of carboxylic acid groups (broad SMARTS) is 1. The number of nitrogens with one attached hydrogen (secondary N) is 1. The van der Waals surface area contributed by atoms with E-state index >= 15 is 0 Å². The monoisotopic (exact) mass is 244 g/mol. The highest BCUT2D eigenvalue weighted by Crippen LogP contribution is 2.25. The van der Waals surface area contributed by atoms with Crippen molar-refractivity contribution >= 4 is 5.97 Å². The van der Waals surface area contributed by atoms with Crippen LogP contribution in [0.2, 0.25) is 0 Å². The summed E-state index contributed by atoms with van der Waals surface area (Å²) in [7, 11) is 0. The van der Waals surface area contributed by atoms with E-state index in [1.54, 1.807) is 0 Å². The molecule has 0 radical (unpaired) electrons. The van der Waals surface area contributed by atoms with Crippen molar-refractivity contribution in [2.24, 2.45) is 0 Å². The molecule has 0 saturated carbocycles. The molecule has 0 spiro atoms. The minimum absolute atomic E-state index is 0.0241. The van der Waals surface area contributed by atoms with Gasteiger partial charge in [0.1, 0.15) is 0 Å². The van der Waals surface area contributed by atoms with Crippen molar-refractivity contribution in [3.8, 4) is 11.3 Å². The van der Waals surface area contributed by atoms with Crippen LogP contribution in [0.15, 0.2) is 18.2 Å². The Morgan fingerprint density at radius 1 is 1.28 bits per heavy atom. The molecule has 0 aliphatic rings. The molecule has 4 heteroatoms. The van der Waals surface area contributed by atoms with Gasteiger partial charge < -0.3 is 5.11 Å². The van der Waals surface area contributed by atoms with Crippen LogP contribution in [0.25, 0.3) is 11.3 Å². The number of aromatic nitrogens is 2. The van der Waals surface area contributed by atoms with Crippen LogP contribution >= 0.6 is 0 Å². The van der Waals surface area contributed by atoms with Crippen molar-refractivity contribution in [3.63, 3.8) is 0 Å². The van der Waals surface area contributed by atoms with E-state index in [0.29, 0.717) is 5.69 Å². The van der Waals surface area contributed by atoms with Gasteiger partial charge in [-0.2, -0.15) is 5.10 Å². The number of aryl methyl sites for hydroxylation is 2. The molecular formula is C14H16N2O2. The lowest BCUT2D eigenvalue weighted by Crippen LogP contribution is -2.01. The predicted octanol–water partition coefficient (Wildman–Crippen LogP) is 2.63. The molecule has 0 aliphatic carbocycles. The van der Waals surface area contributed by atoms with Crippen molar-refractivity contribution in [3.05, 3.63) is 40.6 Å². The molecule has 1 aromatic heterocycles. The molecular weight excluding hydrogens is 228 g/mol. The van der Waals surface area contributed by atoms with E-state index in [2.05, 4.69) is 36.2 Å². The van der Waals surface area contributed by atoms with Gasteiger partial charge in [0.05, 0.1) is 12.1 Å². The van der Waals surface area contributed by atoms with Crippen molar-refractivity contribution in [2.45, 2.75) is 27.2 Å². The number of hydrogen-bond acceptors (Lipinski definition) is 2. The average molecular weight is 244 g/mol. The van der Waals surface area contributed by atoms with E-state index in [0.717, 1.165) is 16.8 Å². The van der Waals surface area contributed by atoms with Gasteiger partial charge in [0.2, 0.25) is 0 Å². The number of carboxylic acids is 1. The fourth-order valence-corrected chi connectivity index (χ4v) is 1.93. The maximum absolute atomic E-state index is 10.7. The molecule has 4 nitrogen and oxygen atoms in total. The van der Waals surface area contributed by atoms with Crippen LogP contribution in [0.4, 0.5) is 0 Å². The fourth-order valence-electron chi connectivity index (χ4n) is 1.93. The van der Waals surface area contributed by atoms with Crippen molar-refractivity contribution in [1.82, 2.24) is 10.2 Å². The van der Waals surface area contributed by atoms with Crippen LogP contribution in [0.1, 0.15) is 22.4 Å². The summed E-state index contributed by atoms with van der Waals surface area (Å²) in [6, 6.07) is 6.13. The highest BCUT2D eigenvalue weighted by Gasteiger charge is 2.13. The van der Waals surface area contributed by atoms with Gasteiger partial charge >= 0.3 is 5.97 Å². The lowest BCUT2D eigenvalue weighted by molar-refractivity contribution is -0.136. The summed E-state index contributed by atoms with van der Waals surface area (Å²) in [5.41, 5.74) is 5.85. The van der Waals surface area contributed by atoms with Gasteiger partial charge in [-0.15, -0.1) is 0 Å². The Labute approximate surface area is 106 Å². The largest absolute Gasteiger partial charge is 0.481 e. The Kier molecular flexibility index (Phi) is 3.19. The van der Waals surface area contributed by atoms with Crippen LogP contribution < -0.4 is 0 Å². The Hall–Kier alpha value is -2.10. The lowest BCUT2D eigenvalue weighted by atomic mass is 10.0. The molecule has 1 heterocycles. The summed E-state index contributed by atoms with van der Waals surface area (Å²) in [4.78, 5) is 10.7. The molecule has 1 aromatic carbocycles. The zero-order valence-electron chi connectivity index (χ0n) is 10.7. The highest BCUT2D eigenvalue weighted by molar-refractivity contribution is 5.72. The van der Waals surface area contributed by atoms with E-state index in [-0.39, 0.29) is 6.42 Å². The first-order valence-corrected chi connectivity index (χ1v) is 5.82. The second-order valence-electron chi connectivity index (χ2n) is 4.55. The number of benzene rings is 1. The van der Waals surface area contributed by atoms with E-state index in [1.165, 1.54) is 11.1 Å². The van der Waals surface area contributed by atoms with Crippen LogP contribution in [0.5, 0.6) is 0 Å². The summed E-state index contributed by atoms with van der Waals surface area (Å²) >= 11 is 0. The summed E-state index contributed by atoms with van der Waals surface area (Å²) in [5, 5.41) is 15.8. The second-order valence-corrected chi connectivity index (χ2v) is 4.55. The predicted molar refractivity (Wildman–Crippen MR) is 69.6 cm³/mol. The summed E-state index contributed by atoms with van der Waals surface area (Å²) in [5.74, 6) is -0.853. The molecule has 0 aliphatic heterocycles. The molecule has 0 fully saturated rings. The van der Waals surface area contributed by atoms with Gasteiger partial charge in [0, 0.05) is 11.3 Å². The number of carbonyl (C=O) groups is 1. The van der Waals surface area contributed by atoms with Crippen molar-refractivity contribution < 1.29 is 9.90 Å². The van der Waals surface area contributed by atoms with Gasteiger partial charge in [-0.05, 0) is 43.5 Å². The van der Waals surface area contributed by atoms with Crippen LogP contribution in [0, 0.1) is 20.8 Å². The van der Waals surface area contributed by atoms with Crippen LogP contribution in [0.3, 0.4) is 0 Å². The molecule has 2 aromatic rings. The van der Waals surface area contributed by atoms with Gasteiger partial charge in [0.15, 0.2) is 0 Å². The number of rotatable bonds is 3. The van der Waals surface area contributed by atoms with Crippen LogP contribution in [-0.4, -0.2) is 21.3 Å². The maximum atomic E-state index is 10.7. The normalized spacial score (nSPS) is 10.6. The summed E-state index contributed by atoms with van der Waals surface area (Å²) in [6.45, 7) is 6.01. The molecule has 0 bridgehead atoms. The summed E-state index contributed by atoms with van der Waals surface area (Å²) in [6.07, 6.45) is -0.0241. The number of nitrogens with zero attached hydrogens (tertiary/aromatic N) is 1. The van der Waals surface area contributed by atoms with E-state index in [4.69, 9.17) is 5.11 Å². The van der Waals surface area contributed by atoms with E-state index < -0.39 is 5.97 Å². The molecule has 0 atom stereocenters. The lowest BCUT2D eigenvalue weighted by Gasteiger charge is -2.04. The topological polar surface area (TPSA) is 66.0 Å². The first-order valence-electron chi connectivity index (χ1n) is 5.82. The first-order chi connectivity index (χ1) is 8.49. The Morgan fingerprint density at radius 2 is 2.00 bits per heavy atom. The quantitative estimate of drug-likeness (QED) is 0.872. The molecule has 0 amide bonds. The molecule has 0 unspecified atom stereocenters. The molecule has 2 rings (SSSR count). The number of aliphatic carboxylic acids is 1. The van der Waals surface area contributed by atoms with Gasteiger partial charge in [0.25, 0.3) is 0 Å². The Morgan fingerprint density at radius 3 is 2.61 bits per heavy atom. The summed E-state index contributed by atoms with van der Waals surface area (Å²) < 4.78 is 0. The number of H-pyrrole nitrogens is 1. The van der Waals surface area contributed by atoms with E-state index in [9.17, 15) is 4.79 Å². The van der Waals surface area contributed by atoms with Crippen molar-refractivity contribution in [1.29, 1.82) is 0 Å². The van der Waals surface area contributed by atoms with Crippen LogP contribution in [-0.2, 0) is 11.2 Å². The standard InChI is InChI=1S/C14H16N2O2/c1-8-4-5-11(6-9(8)2)14-10(3)12(15-16-14)7-13(17)18/h4-6H,7H2,1-3H3,(H,15,16)(H,17,18). The van der Waals surface area contributed by atoms with Gasteiger partial charge in [-0.1, -0.05) is 12.1 Å². The van der Waals surface area contributed by atoms with Crippen molar-refractivity contribution in [2.75, 3.05) is 0 Å². The number of hydrogen-bond donors (Lipinski definition) is 2. The second kappa shape index (κ2) is 4.64. The minimum atomic E-state index is -0.853. The Bertz CT molecular complexity index is 600.